The maximum Gasteiger partial charge on any atom is 0.123 e. The highest BCUT2D eigenvalue weighted by molar-refractivity contribution is 6.05. The van der Waals surface area contributed by atoms with Crippen molar-refractivity contribution < 1.29 is 9.84 Å². The van der Waals surface area contributed by atoms with Crippen LogP contribution in [0.25, 0.3) is 10.8 Å². The molecule has 4 nitrogen and oxygen atoms in total. The van der Waals surface area contributed by atoms with E-state index in [2.05, 4.69) is 47.0 Å². The first kappa shape index (κ1) is 19.0. The summed E-state index contributed by atoms with van der Waals surface area (Å²) in [4.78, 5) is 0. The number of methoxy groups -OCH3 is 1. The highest BCUT2D eigenvalue weighted by atomic mass is 16.5. The van der Waals surface area contributed by atoms with Crippen LogP contribution in [0, 0.1) is 0 Å². The number of hydrogen-bond donors (Lipinski definition) is 3. The van der Waals surface area contributed by atoms with Crippen molar-refractivity contribution in [3.8, 4) is 0 Å². The van der Waals surface area contributed by atoms with Gasteiger partial charge in [-0.15, -0.1) is 0 Å². The van der Waals surface area contributed by atoms with Crippen LogP contribution < -0.4 is 10.6 Å². The molecule has 25 heavy (non-hydrogen) atoms. The minimum atomic E-state index is -0.0732. The summed E-state index contributed by atoms with van der Waals surface area (Å²) in [7, 11) is 1.69. The van der Waals surface area contributed by atoms with Gasteiger partial charge in [-0.2, -0.15) is 0 Å². The molecule has 0 fully saturated rings. The molecule has 0 spiro atoms. The normalized spacial score (nSPS) is 15.3. The fourth-order valence-corrected chi connectivity index (χ4v) is 2.87. The number of ether oxygens (including phenoxy) is 1. The Kier molecular flexibility index (Phi) is 7.04. The molecule has 3 rings (SSSR count). The predicted molar refractivity (Wildman–Crippen MR) is 107 cm³/mol. The molecule has 0 bridgehead atoms. The zero-order chi connectivity index (χ0) is 18.2. The number of nitrogens with one attached hydrogen (secondary N) is 2. The molecular formula is C21H28N2O2. The summed E-state index contributed by atoms with van der Waals surface area (Å²) in [6, 6.07) is 12.5. The van der Waals surface area contributed by atoms with Crippen molar-refractivity contribution >= 4 is 22.1 Å². The van der Waals surface area contributed by atoms with Crippen molar-refractivity contribution in [1.82, 2.24) is 0 Å². The highest BCUT2D eigenvalue weighted by Crippen LogP contribution is 2.36. The zero-order valence-corrected chi connectivity index (χ0v) is 15.4. The lowest BCUT2D eigenvalue weighted by molar-refractivity contribution is 0.155. The van der Waals surface area contributed by atoms with Gasteiger partial charge in [-0.25, -0.2) is 0 Å². The standard InChI is InChI=1S/C19H22N2O2.C2H6/c1-13(23-2)12-15(8-5-11-22)19-20-16-9-3-6-14-7-4-10-17(21-19)18(14)16;1-2/h3-10,12-13,19-22H,11H2,1-2H3;1-2H3/b8-5-,15-12+;. The molecule has 4 heteroatoms. The number of anilines is 2. The molecule has 1 atom stereocenters. The first-order valence-electron chi connectivity index (χ1n) is 8.79. The Morgan fingerprint density at radius 1 is 1.16 bits per heavy atom. The third-order valence-electron chi connectivity index (χ3n) is 4.05. The molecule has 0 radical (unpaired) electrons. The van der Waals surface area contributed by atoms with Gasteiger partial charge < -0.3 is 20.5 Å². The fraction of sp³-hybridized carbons (Fsp3) is 0.333. The molecule has 134 valence electrons. The smallest absolute Gasteiger partial charge is 0.123 e. The molecular weight excluding hydrogens is 312 g/mol. The van der Waals surface area contributed by atoms with Crippen molar-refractivity contribution in [2.45, 2.75) is 33.0 Å². The lowest BCUT2D eigenvalue weighted by atomic mass is 10.0. The van der Waals surface area contributed by atoms with Crippen LogP contribution in [-0.2, 0) is 4.74 Å². The van der Waals surface area contributed by atoms with Gasteiger partial charge >= 0.3 is 0 Å². The van der Waals surface area contributed by atoms with E-state index in [1.165, 1.54) is 10.8 Å². The summed E-state index contributed by atoms with van der Waals surface area (Å²) in [6.45, 7) is 6.00. The van der Waals surface area contributed by atoms with E-state index < -0.39 is 0 Å². The van der Waals surface area contributed by atoms with E-state index in [0.717, 1.165) is 16.9 Å². The summed E-state index contributed by atoms with van der Waals surface area (Å²) in [5.41, 5.74) is 3.24. The van der Waals surface area contributed by atoms with Crippen LogP contribution in [0.15, 0.2) is 60.2 Å². The molecule has 0 aromatic heterocycles. The van der Waals surface area contributed by atoms with Crippen LogP contribution in [0.5, 0.6) is 0 Å². The van der Waals surface area contributed by atoms with E-state index in [1.54, 1.807) is 13.2 Å². The monoisotopic (exact) mass is 340 g/mol. The lowest BCUT2D eigenvalue weighted by Crippen LogP contribution is -2.33. The SMILES string of the molecule is CC.COC(C)/C=C(\C=C/CO)C1Nc2cccc3cccc(c23)N1. The molecule has 3 N–H and O–H groups in total. The van der Waals surface area contributed by atoms with E-state index in [-0.39, 0.29) is 18.9 Å². The molecule has 1 heterocycles. The van der Waals surface area contributed by atoms with Gasteiger partial charge in [0, 0.05) is 23.9 Å². The molecule has 0 saturated carbocycles. The third kappa shape index (κ3) is 4.41. The Hall–Kier alpha value is -2.30. The van der Waals surface area contributed by atoms with Crippen LogP contribution in [0.4, 0.5) is 11.4 Å². The Balaban J connectivity index is 0.00000109. The van der Waals surface area contributed by atoms with Crippen molar-refractivity contribution in [2.75, 3.05) is 24.4 Å². The van der Waals surface area contributed by atoms with Gasteiger partial charge in [0.1, 0.15) is 6.17 Å². The topological polar surface area (TPSA) is 53.5 Å². The number of benzene rings is 2. The van der Waals surface area contributed by atoms with Gasteiger partial charge in [0.2, 0.25) is 0 Å². The summed E-state index contributed by atoms with van der Waals surface area (Å²) in [5.74, 6) is 0. The van der Waals surface area contributed by atoms with Crippen LogP contribution >= 0.6 is 0 Å². The number of hydrogen-bond acceptors (Lipinski definition) is 4. The van der Waals surface area contributed by atoms with Gasteiger partial charge in [0.25, 0.3) is 0 Å². The second kappa shape index (κ2) is 9.25. The fourth-order valence-electron chi connectivity index (χ4n) is 2.87. The van der Waals surface area contributed by atoms with Gasteiger partial charge in [-0.05, 0) is 36.1 Å². The minimum Gasteiger partial charge on any atom is -0.392 e. The zero-order valence-electron chi connectivity index (χ0n) is 15.4. The summed E-state index contributed by atoms with van der Waals surface area (Å²) < 4.78 is 5.35. The van der Waals surface area contributed by atoms with Gasteiger partial charge in [0.05, 0.1) is 12.7 Å². The minimum absolute atomic E-state index is 0.00935. The average Bonchev–Trinajstić information content (AvgIpc) is 2.66. The van der Waals surface area contributed by atoms with Crippen LogP contribution in [0.2, 0.25) is 0 Å². The maximum absolute atomic E-state index is 9.10. The maximum atomic E-state index is 9.10. The molecule has 1 aliphatic heterocycles. The largest absolute Gasteiger partial charge is 0.392 e. The molecule has 1 aliphatic rings. The van der Waals surface area contributed by atoms with Crippen molar-refractivity contribution in [3.63, 3.8) is 0 Å². The molecule has 0 aliphatic carbocycles. The number of aliphatic hydroxyl groups is 1. The molecule has 0 saturated heterocycles. The van der Waals surface area contributed by atoms with E-state index >= 15 is 0 Å². The van der Waals surface area contributed by atoms with E-state index in [0.29, 0.717) is 0 Å². The van der Waals surface area contributed by atoms with Crippen LogP contribution in [-0.4, -0.2) is 31.1 Å². The Bertz CT molecular complexity index is 712. The second-order valence-electron chi connectivity index (χ2n) is 5.62. The van der Waals surface area contributed by atoms with Crippen LogP contribution in [0.3, 0.4) is 0 Å². The predicted octanol–water partition coefficient (Wildman–Crippen LogP) is 4.54. The van der Waals surface area contributed by atoms with Crippen LogP contribution in [0.1, 0.15) is 20.8 Å². The Morgan fingerprint density at radius 2 is 1.76 bits per heavy atom. The summed E-state index contributed by atoms with van der Waals surface area (Å²) in [5, 5.41) is 18.6. The van der Waals surface area contributed by atoms with Crippen molar-refractivity contribution in [2.24, 2.45) is 0 Å². The van der Waals surface area contributed by atoms with Gasteiger partial charge in [-0.3, -0.25) is 0 Å². The highest BCUT2D eigenvalue weighted by Gasteiger charge is 2.21. The Labute approximate surface area is 150 Å². The second-order valence-corrected chi connectivity index (χ2v) is 5.62. The molecule has 1 unspecified atom stereocenters. The van der Waals surface area contributed by atoms with E-state index in [9.17, 15) is 0 Å². The summed E-state index contributed by atoms with van der Waals surface area (Å²) in [6.07, 6.45) is 5.62. The van der Waals surface area contributed by atoms with Crippen molar-refractivity contribution in [3.05, 3.63) is 60.2 Å². The van der Waals surface area contributed by atoms with E-state index in [4.69, 9.17) is 9.84 Å². The Morgan fingerprint density at radius 3 is 2.28 bits per heavy atom. The van der Waals surface area contributed by atoms with Gasteiger partial charge in [-0.1, -0.05) is 50.3 Å². The van der Waals surface area contributed by atoms with Gasteiger partial charge in [0.15, 0.2) is 0 Å². The average molecular weight is 340 g/mol. The third-order valence-corrected chi connectivity index (χ3v) is 4.05. The molecule has 2 aromatic carbocycles. The van der Waals surface area contributed by atoms with Crippen molar-refractivity contribution in [1.29, 1.82) is 0 Å². The molecule has 2 aromatic rings. The summed E-state index contributed by atoms with van der Waals surface area (Å²) >= 11 is 0. The molecule has 0 amide bonds. The first-order valence-corrected chi connectivity index (χ1v) is 8.79. The number of rotatable bonds is 5. The quantitative estimate of drug-likeness (QED) is 0.700. The number of aliphatic hydroxyl groups excluding tert-OH is 1. The lowest BCUT2D eigenvalue weighted by Gasteiger charge is -2.30. The van der Waals surface area contributed by atoms with E-state index in [1.807, 2.05) is 32.9 Å². The first-order chi connectivity index (χ1) is 12.2.